The van der Waals surface area contributed by atoms with Crippen LogP contribution in [0.4, 0.5) is 0 Å². The van der Waals surface area contributed by atoms with Crippen LogP contribution in [-0.4, -0.2) is 62.3 Å². The van der Waals surface area contributed by atoms with Crippen LogP contribution in [0.3, 0.4) is 0 Å². The van der Waals surface area contributed by atoms with Crippen molar-refractivity contribution in [2.24, 2.45) is 0 Å². The molecule has 0 saturated carbocycles. The van der Waals surface area contributed by atoms with Gasteiger partial charge >= 0.3 is 0 Å². The molecule has 0 N–H and O–H groups in total. The number of hydrogen-bond acceptors (Lipinski definition) is 6. The maximum absolute atomic E-state index is 12.2. The molecule has 20 heavy (non-hydrogen) atoms. The number of carbonyl (C=O) groups excluding carboxylic acids is 2. The fourth-order valence-corrected chi connectivity index (χ4v) is 4.92. The molecular weight excluding hydrogens is 304 g/mol. The first kappa shape index (κ1) is 13.5. The minimum absolute atomic E-state index is 0.00211. The van der Waals surface area contributed by atoms with Crippen LogP contribution in [0.2, 0.25) is 0 Å². The monoisotopic (exact) mass is 316 g/mol. The zero-order valence-electron chi connectivity index (χ0n) is 10.4. The predicted molar refractivity (Wildman–Crippen MR) is 69.9 cm³/mol. The van der Waals surface area contributed by atoms with Crippen LogP contribution in [0.1, 0.15) is 9.67 Å². The molecule has 1 aromatic rings. The van der Waals surface area contributed by atoms with Crippen LogP contribution in [0, 0.1) is 0 Å². The summed E-state index contributed by atoms with van der Waals surface area (Å²) in [6, 6.07) is 1.40. The molecule has 108 valence electrons. The molecule has 0 radical (unpaired) electrons. The molecule has 0 bridgehead atoms. The van der Waals surface area contributed by atoms with E-state index in [9.17, 15) is 18.0 Å². The molecule has 1 saturated heterocycles. The summed E-state index contributed by atoms with van der Waals surface area (Å²) >= 11 is 1.07. The summed E-state index contributed by atoms with van der Waals surface area (Å²) in [5.41, 5.74) is 0. The van der Waals surface area contributed by atoms with Crippen LogP contribution in [0.5, 0.6) is 0 Å². The number of amides is 2. The molecule has 9 heteroatoms. The van der Waals surface area contributed by atoms with Gasteiger partial charge in [-0.2, -0.15) is 0 Å². The van der Waals surface area contributed by atoms with Crippen LogP contribution in [-0.2, 0) is 19.6 Å². The predicted octanol–water partition coefficient (Wildman–Crippen LogP) is -0.249. The van der Waals surface area contributed by atoms with Crippen molar-refractivity contribution in [3.63, 3.8) is 0 Å². The highest BCUT2D eigenvalue weighted by Crippen LogP contribution is 2.33. The third kappa shape index (κ3) is 2.02. The molecule has 1 aromatic heterocycles. The Bertz CT molecular complexity index is 660. The van der Waals surface area contributed by atoms with Gasteiger partial charge < -0.3 is 9.64 Å². The van der Waals surface area contributed by atoms with Crippen molar-refractivity contribution < 1.29 is 22.7 Å². The Labute approximate surface area is 119 Å². The van der Waals surface area contributed by atoms with E-state index in [0.717, 1.165) is 11.3 Å². The molecule has 3 heterocycles. The SMILES string of the molecule is O=C(CN1C(=O)c2sccc2S1(=O)=O)N1CCOCC1. The first-order valence-corrected chi connectivity index (χ1v) is 8.34. The molecule has 0 spiro atoms. The normalized spacial score (nSPS) is 21.1. The highest BCUT2D eigenvalue weighted by atomic mass is 32.2. The van der Waals surface area contributed by atoms with Crippen LogP contribution < -0.4 is 0 Å². The Hall–Kier alpha value is -1.45. The number of rotatable bonds is 2. The van der Waals surface area contributed by atoms with Crippen molar-refractivity contribution >= 4 is 33.2 Å². The second-order valence-corrected chi connectivity index (χ2v) is 7.17. The van der Waals surface area contributed by atoms with Crippen molar-refractivity contribution in [2.75, 3.05) is 32.8 Å². The van der Waals surface area contributed by atoms with Crippen LogP contribution in [0.25, 0.3) is 0 Å². The quantitative estimate of drug-likeness (QED) is 0.751. The van der Waals surface area contributed by atoms with Crippen LogP contribution >= 0.6 is 11.3 Å². The number of sulfonamides is 1. The first-order chi connectivity index (χ1) is 9.51. The summed E-state index contributed by atoms with van der Waals surface area (Å²) in [4.78, 5) is 25.8. The van der Waals surface area contributed by atoms with E-state index in [1.807, 2.05) is 0 Å². The van der Waals surface area contributed by atoms with Crippen molar-refractivity contribution in [2.45, 2.75) is 4.90 Å². The van der Waals surface area contributed by atoms with Gasteiger partial charge in [-0.1, -0.05) is 0 Å². The lowest BCUT2D eigenvalue weighted by Gasteiger charge is -2.28. The molecule has 0 aliphatic carbocycles. The Balaban J connectivity index is 1.80. The fraction of sp³-hybridized carbons (Fsp3) is 0.455. The number of morpholine rings is 1. The third-order valence-corrected chi connectivity index (χ3v) is 6.06. The highest BCUT2D eigenvalue weighted by molar-refractivity contribution is 7.90. The molecule has 1 fully saturated rings. The summed E-state index contributed by atoms with van der Waals surface area (Å²) in [5, 5.41) is 1.56. The molecule has 2 amide bonds. The highest BCUT2D eigenvalue weighted by Gasteiger charge is 2.43. The summed E-state index contributed by atoms with van der Waals surface area (Å²) in [5.74, 6) is -0.989. The van der Waals surface area contributed by atoms with Gasteiger partial charge in [0.05, 0.1) is 13.2 Å². The van der Waals surface area contributed by atoms with Gasteiger partial charge in [0.25, 0.3) is 15.9 Å². The van der Waals surface area contributed by atoms with Gasteiger partial charge in [-0.05, 0) is 11.4 Å². The fourth-order valence-electron chi connectivity index (χ4n) is 2.19. The zero-order chi connectivity index (χ0) is 14.3. The van der Waals surface area contributed by atoms with Crippen molar-refractivity contribution in [1.82, 2.24) is 9.21 Å². The Morgan fingerprint density at radius 1 is 1.35 bits per heavy atom. The summed E-state index contributed by atoms with van der Waals surface area (Å²) < 4.78 is 30.2. The molecule has 2 aliphatic heterocycles. The number of carbonyl (C=O) groups is 2. The van der Waals surface area contributed by atoms with E-state index in [0.29, 0.717) is 30.6 Å². The van der Waals surface area contributed by atoms with Gasteiger partial charge in [-0.3, -0.25) is 9.59 Å². The van der Waals surface area contributed by atoms with Crippen molar-refractivity contribution in [1.29, 1.82) is 0 Å². The van der Waals surface area contributed by atoms with E-state index in [-0.39, 0.29) is 15.7 Å². The Morgan fingerprint density at radius 2 is 2.05 bits per heavy atom. The second kappa shape index (κ2) is 4.83. The zero-order valence-corrected chi connectivity index (χ0v) is 12.1. The lowest BCUT2D eigenvalue weighted by molar-refractivity contribution is -0.135. The average Bonchev–Trinajstić information content (AvgIpc) is 2.99. The van der Waals surface area contributed by atoms with Gasteiger partial charge in [-0.25, -0.2) is 12.7 Å². The average molecular weight is 316 g/mol. The van der Waals surface area contributed by atoms with Crippen molar-refractivity contribution in [3.05, 3.63) is 16.3 Å². The largest absolute Gasteiger partial charge is 0.378 e. The minimum Gasteiger partial charge on any atom is -0.378 e. The Morgan fingerprint density at radius 3 is 2.70 bits per heavy atom. The van der Waals surface area contributed by atoms with E-state index in [4.69, 9.17) is 4.74 Å². The maximum atomic E-state index is 12.2. The number of fused-ring (bicyclic) bond motifs is 1. The first-order valence-electron chi connectivity index (χ1n) is 6.02. The van der Waals surface area contributed by atoms with Gasteiger partial charge in [0.2, 0.25) is 5.91 Å². The van der Waals surface area contributed by atoms with Gasteiger partial charge in [-0.15, -0.1) is 11.3 Å². The number of ether oxygens (including phenoxy) is 1. The lowest BCUT2D eigenvalue weighted by Crippen LogP contribution is -2.47. The molecule has 0 unspecified atom stereocenters. The molecule has 2 aliphatic rings. The number of hydrogen-bond donors (Lipinski definition) is 0. The summed E-state index contributed by atoms with van der Waals surface area (Å²) in [7, 11) is -3.87. The lowest BCUT2D eigenvalue weighted by atomic mass is 10.4. The maximum Gasteiger partial charge on any atom is 0.279 e. The molecular formula is C11H12N2O5S2. The molecule has 3 rings (SSSR count). The second-order valence-electron chi connectivity index (χ2n) is 4.42. The summed E-state index contributed by atoms with van der Waals surface area (Å²) in [6.45, 7) is 1.26. The molecule has 7 nitrogen and oxygen atoms in total. The van der Waals surface area contributed by atoms with Crippen LogP contribution in [0.15, 0.2) is 16.3 Å². The van der Waals surface area contributed by atoms with Crippen molar-refractivity contribution in [3.8, 4) is 0 Å². The Kier molecular flexibility index (Phi) is 3.27. The minimum atomic E-state index is -3.87. The van der Waals surface area contributed by atoms with E-state index in [2.05, 4.69) is 0 Å². The standard InChI is InChI=1S/C11H12N2O5S2/c14-9(12-2-4-18-5-3-12)7-13-11(15)10-8(1-6-19-10)20(13,16)17/h1,6H,2-5,7H2. The van der Waals surface area contributed by atoms with E-state index in [1.54, 1.807) is 5.38 Å². The topological polar surface area (TPSA) is 84.0 Å². The van der Waals surface area contributed by atoms with E-state index in [1.165, 1.54) is 11.0 Å². The van der Waals surface area contributed by atoms with Gasteiger partial charge in [0.1, 0.15) is 16.3 Å². The number of thiophene rings is 1. The van der Waals surface area contributed by atoms with E-state index < -0.39 is 22.5 Å². The van der Waals surface area contributed by atoms with Gasteiger partial charge in [0, 0.05) is 13.1 Å². The smallest absolute Gasteiger partial charge is 0.279 e. The summed E-state index contributed by atoms with van der Waals surface area (Å²) in [6.07, 6.45) is 0. The molecule has 0 aromatic carbocycles. The van der Waals surface area contributed by atoms with Gasteiger partial charge in [0.15, 0.2) is 0 Å². The third-order valence-electron chi connectivity index (χ3n) is 3.26. The number of nitrogens with zero attached hydrogens (tertiary/aromatic N) is 2. The van der Waals surface area contributed by atoms with E-state index >= 15 is 0 Å². The molecule has 0 atom stereocenters.